The molecule has 1 unspecified atom stereocenters. The van der Waals surface area contributed by atoms with Gasteiger partial charge in [-0.3, -0.25) is 0 Å². The van der Waals surface area contributed by atoms with Crippen molar-refractivity contribution in [2.45, 2.75) is 19.4 Å². The quantitative estimate of drug-likeness (QED) is 0.870. The summed E-state index contributed by atoms with van der Waals surface area (Å²) in [5.74, 6) is 0. The molecule has 14 heavy (non-hydrogen) atoms. The third-order valence-corrected chi connectivity index (χ3v) is 3.69. The third kappa shape index (κ3) is 2.17. The topological polar surface area (TPSA) is 51.8 Å². The van der Waals surface area contributed by atoms with E-state index in [1.54, 1.807) is 11.3 Å². The van der Waals surface area contributed by atoms with Gasteiger partial charge in [-0.2, -0.15) is 0 Å². The van der Waals surface area contributed by atoms with E-state index >= 15 is 0 Å². The van der Waals surface area contributed by atoms with Crippen LogP contribution in [0.5, 0.6) is 0 Å². The highest BCUT2D eigenvalue weighted by molar-refractivity contribution is 7.10. The Balaban J connectivity index is 2.06. The molecule has 2 aromatic heterocycles. The Morgan fingerprint density at radius 3 is 2.93 bits per heavy atom. The second-order valence-electron chi connectivity index (χ2n) is 3.23. The minimum absolute atomic E-state index is 0.0533. The fourth-order valence-corrected chi connectivity index (χ4v) is 2.61. The minimum Gasteiger partial charge on any atom is -0.323 e. The molecule has 0 aliphatic rings. The average Bonchev–Trinajstić information content (AvgIpc) is 2.75. The normalized spacial score (nSPS) is 13.0. The zero-order chi connectivity index (χ0) is 9.97. The fourth-order valence-electron chi connectivity index (χ4n) is 1.25. The molecule has 2 aromatic rings. The molecule has 1 atom stereocenters. The molecule has 5 heteroatoms. The molecule has 0 aromatic carbocycles. The predicted molar refractivity (Wildman–Crippen MR) is 59.6 cm³/mol. The lowest BCUT2D eigenvalue weighted by molar-refractivity contribution is 0.716. The zero-order valence-electron chi connectivity index (χ0n) is 7.80. The van der Waals surface area contributed by atoms with Crippen LogP contribution in [0.4, 0.5) is 0 Å². The lowest BCUT2D eigenvalue weighted by Crippen LogP contribution is -2.11. The second kappa shape index (κ2) is 4.16. The number of thiophene rings is 1. The van der Waals surface area contributed by atoms with Gasteiger partial charge in [-0.15, -0.1) is 16.4 Å². The standard InChI is InChI=1S/C9H11N3S2/c1-6-2-9(13-4-6)8(10)3-7-5-14-12-11-7/h2,4-5,8H,3,10H2,1H3. The van der Waals surface area contributed by atoms with E-state index in [1.807, 2.05) is 5.38 Å². The van der Waals surface area contributed by atoms with Crippen LogP contribution in [0, 0.1) is 6.92 Å². The van der Waals surface area contributed by atoms with Crippen molar-refractivity contribution in [2.24, 2.45) is 5.73 Å². The molecule has 3 nitrogen and oxygen atoms in total. The van der Waals surface area contributed by atoms with Crippen molar-refractivity contribution in [2.75, 3.05) is 0 Å². The van der Waals surface area contributed by atoms with Gasteiger partial charge >= 0.3 is 0 Å². The van der Waals surface area contributed by atoms with Gasteiger partial charge in [-0.05, 0) is 35.5 Å². The first-order chi connectivity index (χ1) is 6.75. The van der Waals surface area contributed by atoms with Crippen molar-refractivity contribution in [3.8, 4) is 0 Å². The number of aryl methyl sites for hydroxylation is 1. The van der Waals surface area contributed by atoms with Gasteiger partial charge in [-0.1, -0.05) is 4.49 Å². The molecule has 2 heterocycles. The van der Waals surface area contributed by atoms with Crippen LogP contribution in [0.25, 0.3) is 0 Å². The average molecular weight is 225 g/mol. The molecule has 2 rings (SSSR count). The summed E-state index contributed by atoms with van der Waals surface area (Å²) in [5.41, 5.74) is 8.30. The Kier molecular flexibility index (Phi) is 2.90. The Labute approximate surface area is 90.8 Å². The van der Waals surface area contributed by atoms with Gasteiger partial charge in [0.1, 0.15) is 0 Å². The molecular formula is C9H11N3S2. The molecular weight excluding hydrogens is 214 g/mol. The Morgan fingerprint density at radius 2 is 2.36 bits per heavy atom. The highest BCUT2D eigenvalue weighted by atomic mass is 32.1. The van der Waals surface area contributed by atoms with Crippen LogP contribution in [-0.2, 0) is 6.42 Å². The Bertz CT molecular complexity index is 394. The number of aromatic nitrogens is 2. The SMILES string of the molecule is Cc1csc(C(N)Cc2csnn2)c1. The third-order valence-electron chi connectivity index (χ3n) is 1.95. The van der Waals surface area contributed by atoms with Crippen LogP contribution in [0.2, 0.25) is 0 Å². The predicted octanol–water partition coefficient (Wildman–Crippen LogP) is 2.15. The molecule has 74 valence electrons. The van der Waals surface area contributed by atoms with Gasteiger partial charge in [0.2, 0.25) is 0 Å². The molecule has 0 aliphatic carbocycles. The van der Waals surface area contributed by atoms with E-state index in [0.717, 1.165) is 12.1 Å². The number of nitrogens with two attached hydrogens (primary N) is 1. The van der Waals surface area contributed by atoms with Crippen molar-refractivity contribution in [3.63, 3.8) is 0 Å². The molecule has 0 amide bonds. The maximum absolute atomic E-state index is 6.05. The summed E-state index contributed by atoms with van der Waals surface area (Å²) in [6.07, 6.45) is 0.774. The van der Waals surface area contributed by atoms with Gasteiger partial charge in [0.15, 0.2) is 0 Å². The number of rotatable bonds is 3. The monoisotopic (exact) mass is 225 g/mol. The summed E-state index contributed by atoms with van der Waals surface area (Å²) >= 11 is 3.08. The first kappa shape index (κ1) is 9.76. The van der Waals surface area contributed by atoms with Crippen molar-refractivity contribution in [3.05, 3.63) is 33.0 Å². The summed E-state index contributed by atoms with van der Waals surface area (Å²) in [6, 6.07) is 2.19. The first-order valence-corrected chi connectivity index (χ1v) is 6.04. The van der Waals surface area contributed by atoms with Gasteiger partial charge in [0.05, 0.1) is 5.69 Å². The van der Waals surface area contributed by atoms with E-state index in [-0.39, 0.29) is 6.04 Å². The minimum atomic E-state index is 0.0533. The van der Waals surface area contributed by atoms with Crippen LogP contribution < -0.4 is 5.73 Å². The zero-order valence-corrected chi connectivity index (χ0v) is 9.44. The smallest absolute Gasteiger partial charge is 0.0774 e. The number of hydrogen-bond acceptors (Lipinski definition) is 5. The summed E-state index contributed by atoms with van der Waals surface area (Å²) in [7, 11) is 0. The Morgan fingerprint density at radius 1 is 1.50 bits per heavy atom. The Hall–Kier alpha value is -0.780. The van der Waals surface area contributed by atoms with Gasteiger partial charge in [0.25, 0.3) is 0 Å². The van der Waals surface area contributed by atoms with Gasteiger partial charge < -0.3 is 5.73 Å². The van der Waals surface area contributed by atoms with E-state index in [2.05, 4.69) is 28.0 Å². The fraction of sp³-hybridized carbons (Fsp3) is 0.333. The summed E-state index contributed by atoms with van der Waals surface area (Å²) in [4.78, 5) is 1.22. The highest BCUT2D eigenvalue weighted by Gasteiger charge is 2.10. The van der Waals surface area contributed by atoms with Crippen molar-refractivity contribution in [1.82, 2.24) is 9.59 Å². The van der Waals surface area contributed by atoms with E-state index in [4.69, 9.17) is 5.73 Å². The number of hydrogen-bond donors (Lipinski definition) is 1. The van der Waals surface area contributed by atoms with E-state index in [0.29, 0.717) is 0 Å². The molecule has 0 radical (unpaired) electrons. The van der Waals surface area contributed by atoms with E-state index in [1.165, 1.54) is 22.0 Å². The molecule has 0 bridgehead atoms. The van der Waals surface area contributed by atoms with Crippen molar-refractivity contribution in [1.29, 1.82) is 0 Å². The summed E-state index contributed by atoms with van der Waals surface area (Å²) < 4.78 is 3.81. The lowest BCUT2D eigenvalue weighted by atomic mass is 10.1. The summed E-state index contributed by atoms with van der Waals surface area (Å²) in [5, 5.41) is 8.05. The number of nitrogens with zero attached hydrogens (tertiary/aromatic N) is 2. The second-order valence-corrected chi connectivity index (χ2v) is 4.79. The maximum atomic E-state index is 6.05. The molecule has 0 fully saturated rings. The molecule has 0 saturated heterocycles. The van der Waals surface area contributed by atoms with Crippen LogP contribution >= 0.6 is 22.9 Å². The highest BCUT2D eigenvalue weighted by Crippen LogP contribution is 2.22. The van der Waals surface area contributed by atoms with Crippen LogP contribution in [0.3, 0.4) is 0 Å². The first-order valence-electron chi connectivity index (χ1n) is 4.32. The summed E-state index contributed by atoms with van der Waals surface area (Å²) in [6.45, 7) is 2.08. The van der Waals surface area contributed by atoms with Crippen LogP contribution in [0.15, 0.2) is 16.8 Å². The van der Waals surface area contributed by atoms with E-state index in [9.17, 15) is 0 Å². The largest absolute Gasteiger partial charge is 0.323 e. The molecule has 2 N–H and O–H groups in total. The van der Waals surface area contributed by atoms with Crippen molar-refractivity contribution < 1.29 is 0 Å². The maximum Gasteiger partial charge on any atom is 0.0774 e. The lowest BCUT2D eigenvalue weighted by Gasteiger charge is -2.05. The molecule has 0 saturated carbocycles. The molecule has 0 aliphatic heterocycles. The van der Waals surface area contributed by atoms with Gasteiger partial charge in [-0.25, -0.2) is 0 Å². The van der Waals surface area contributed by atoms with Crippen molar-refractivity contribution >= 4 is 22.9 Å². The van der Waals surface area contributed by atoms with Gasteiger partial charge in [0, 0.05) is 22.7 Å². The van der Waals surface area contributed by atoms with E-state index < -0.39 is 0 Å². The molecule has 0 spiro atoms. The van der Waals surface area contributed by atoms with Crippen LogP contribution in [0.1, 0.15) is 22.2 Å². The van der Waals surface area contributed by atoms with Crippen LogP contribution in [-0.4, -0.2) is 9.59 Å².